The number of benzene rings is 4. The largest absolute Gasteiger partial charge is 0.469 e. The molecule has 3 N–H and O–H groups in total. The number of carbonyl (C=O) groups is 2. The average Bonchev–Trinajstić information content (AvgIpc) is 3.38. The van der Waals surface area contributed by atoms with Crippen LogP contribution in [0.5, 0.6) is 0 Å². The van der Waals surface area contributed by atoms with Crippen molar-refractivity contribution < 1.29 is 28.5 Å². The predicted molar refractivity (Wildman–Crippen MR) is 162 cm³/mol. The van der Waals surface area contributed by atoms with Crippen LogP contribution in [0.15, 0.2) is 97.1 Å². The standard InChI is InChI=1S/C32H30N3O6P/c1-21-10-12-22(13-11-21)27-6-2-3-7-28(27)31(36)33-24-16-14-23(15-17-24)32(37)35-19-25-18-26(41-42(38,39)40)20-34(25)29-8-4-5-9-30(29)35/h2-17,25-26H,18-20H2,1H3,(H,33,36)(H2,38,39,40). The first-order valence-electron chi connectivity index (χ1n) is 13.7. The van der Waals surface area contributed by atoms with Crippen LogP contribution in [-0.2, 0) is 9.09 Å². The summed E-state index contributed by atoms with van der Waals surface area (Å²) in [4.78, 5) is 49.3. The number of fused-ring (bicyclic) bond motifs is 3. The number of hydrogen-bond acceptors (Lipinski definition) is 5. The Hall–Kier alpha value is -4.27. The van der Waals surface area contributed by atoms with E-state index in [2.05, 4.69) is 5.32 Å². The average molecular weight is 584 g/mol. The van der Waals surface area contributed by atoms with Crippen molar-refractivity contribution in [3.8, 4) is 11.1 Å². The molecule has 2 unspecified atom stereocenters. The van der Waals surface area contributed by atoms with Crippen LogP contribution >= 0.6 is 7.82 Å². The van der Waals surface area contributed by atoms with Crippen LogP contribution in [0.1, 0.15) is 32.7 Å². The molecule has 2 amide bonds. The lowest BCUT2D eigenvalue weighted by atomic mass is 9.98. The number of rotatable bonds is 6. The highest BCUT2D eigenvalue weighted by Crippen LogP contribution is 2.45. The van der Waals surface area contributed by atoms with Crippen molar-refractivity contribution in [1.82, 2.24) is 0 Å². The minimum atomic E-state index is -4.63. The molecule has 214 valence electrons. The van der Waals surface area contributed by atoms with Gasteiger partial charge in [-0.05, 0) is 66.9 Å². The summed E-state index contributed by atoms with van der Waals surface area (Å²) in [6.45, 7) is 2.70. The Kier molecular flexibility index (Phi) is 7.43. The molecule has 1 fully saturated rings. The smallest absolute Gasteiger partial charge is 0.362 e. The number of nitrogens with zero attached hydrogens (tertiary/aromatic N) is 2. The number of anilines is 3. The van der Waals surface area contributed by atoms with Crippen molar-refractivity contribution in [2.24, 2.45) is 0 Å². The third-order valence-electron chi connectivity index (χ3n) is 7.71. The molecule has 4 aromatic rings. The van der Waals surface area contributed by atoms with Crippen molar-refractivity contribution in [3.05, 3.63) is 114 Å². The maximum atomic E-state index is 13.7. The second kappa shape index (κ2) is 11.2. The van der Waals surface area contributed by atoms with Crippen LogP contribution in [0, 0.1) is 6.92 Å². The molecule has 9 nitrogen and oxygen atoms in total. The Labute approximate surface area is 243 Å². The third-order valence-corrected chi connectivity index (χ3v) is 8.28. The van der Waals surface area contributed by atoms with Crippen LogP contribution < -0.4 is 15.1 Å². The number of carbonyl (C=O) groups excluding carboxylic acids is 2. The molecule has 6 rings (SSSR count). The number of aryl methyl sites for hydroxylation is 1. The Morgan fingerprint density at radius 2 is 1.52 bits per heavy atom. The van der Waals surface area contributed by atoms with E-state index in [9.17, 15) is 23.9 Å². The third kappa shape index (κ3) is 5.73. The molecule has 0 bridgehead atoms. The fourth-order valence-corrected chi connectivity index (χ4v) is 6.31. The topological polar surface area (TPSA) is 119 Å². The van der Waals surface area contributed by atoms with Crippen LogP contribution in [0.4, 0.5) is 17.1 Å². The minimum Gasteiger partial charge on any atom is -0.362 e. The van der Waals surface area contributed by atoms with Crippen LogP contribution in [0.25, 0.3) is 11.1 Å². The lowest BCUT2D eigenvalue weighted by molar-refractivity contribution is 0.0981. The highest BCUT2D eigenvalue weighted by atomic mass is 31.2. The molecular weight excluding hydrogens is 553 g/mol. The maximum Gasteiger partial charge on any atom is 0.469 e. The fourth-order valence-electron chi connectivity index (χ4n) is 5.77. The Balaban J connectivity index is 1.19. The maximum absolute atomic E-state index is 13.7. The van der Waals surface area contributed by atoms with E-state index in [4.69, 9.17) is 4.52 Å². The number of nitrogens with one attached hydrogen (secondary N) is 1. The summed E-state index contributed by atoms with van der Waals surface area (Å²) >= 11 is 0. The first-order chi connectivity index (χ1) is 20.2. The Morgan fingerprint density at radius 1 is 0.857 bits per heavy atom. The molecule has 1 saturated heterocycles. The van der Waals surface area contributed by atoms with Gasteiger partial charge in [0.1, 0.15) is 0 Å². The molecule has 2 aliphatic heterocycles. The predicted octanol–water partition coefficient (Wildman–Crippen LogP) is 5.63. The Morgan fingerprint density at radius 3 is 2.24 bits per heavy atom. The first kappa shape index (κ1) is 27.9. The molecular formula is C32H30N3O6P. The van der Waals surface area contributed by atoms with Crippen LogP contribution in [0.3, 0.4) is 0 Å². The zero-order chi connectivity index (χ0) is 29.4. The molecule has 0 saturated carbocycles. The van der Waals surface area contributed by atoms with Gasteiger partial charge in [0.05, 0.1) is 17.5 Å². The van der Waals surface area contributed by atoms with E-state index in [0.29, 0.717) is 36.3 Å². The van der Waals surface area contributed by atoms with Crippen LogP contribution in [0.2, 0.25) is 0 Å². The SMILES string of the molecule is Cc1ccc(-c2ccccc2C(=O)Nc2ccc(C(=O)N3CC4CC(OP(=O)(O)O)CN4c4ccccc43)cc2)cc1. The van der Waals surface area contributed by atoms with Crippen LogP contribution in [-0.4, -0.2) is 46.8 Å². The van der Waals surface area contributed by atoms with Gasteiger partial charge in [0.15, 0.2) is 0 Å². The van der Waals surface area contributed by atoms with Crippen molar-refractivity contribution in [2.75, 3.05) is 28.2 Å². The summed E-state index contributed by atoms with van der Waals surface area (Å²) in [5, 5.41) is 2.95. The van der Waals surface area contributed by atoms with Gasteiger partial charge in [-0.2, -0.15) is 0 Å². The number of para-hydroxylation sites is 2. The summed E-state index contributed by atoms with van der Waals surface area (Å²) in [6, 6.07) is 29.6. The van der Waals surface area contributed by atoms with E-state index in [-0.39, 0.29) is 17.9 Å². The summed E-state index contributed by atoms with van der Waals surface area (Å²) in [5.74, 6) is -0.451. The number of phosphoric ester groups is 1. The van der Waals surface area contributed by atoms with Crippen molar-refractivity contribution in [3.63, 3.8) is 0 Å². The first-order valence-corrected chi connectivity index (χ1v) is 15.2. The van der Waals surface area contributed by atoms with Gasteiger partial charge in [-0.3, -0.25) is 14.1 Å². The minimum absolute atomic E-state index is 0.146. The molecule has 2 heterocycles. The second-order valence-electron chi connectivity index (χ2n) is 10.6. The van der Waals surface area contributed by atoms with E-state index in [1.807, 2.05) is 78.6 Å². The van der Waals surface area contributed by atoms with Crippen molar-refractivity contribution in [1.29, 1.82) is 0 Å². The quantitative estimate of drug-likeness (QED) is 0.252. The van der Waals surface area contributed by atoms with Crippen molar-refractivity contribution in [2.45, 2.75) is 25.5 Å². The molecule has 2 aliphatic rings. The number of hydrogen-bond donors (Lipinski definition) is 3. The molecule has 4 aromatic carbocycles. The Bertz CT molecular complexity index is 1690. The monoisotopic (exact) mass is 583 g/mol. The molecule has 0 radical (unpaired) electrons. The summed E-state index contributed by atoms with van der Waals surface area (Å²) in [6.07, 6.45) is -0.254. The van der Waals surface area contributed by atoms with E-state index < -0.39 is 13.9 Å². The highest BCUT2D eigenvalue weighted by molar-refractivity contribution is 7.46. The molecule has 10 heteroatoms. The lowest BCUT2D eigenvalue weighted by Crippen LogP contribution is -2.48. The van der Waals surface area contributed by atoms with Crippen molar-refractivity contribution >= 4 is 36.7 Å². The van der Waals surface area contributed by atoms with Gasteiger partial charge in [0.2, 0.25) is 0 Å². The normalized spacial score (nSPS) is 17.9. The van der Waals surface area contributed by atoms with Gasteiger partial charge >= 0.3 is 7.82 Å². The summed E-state index contributed by atoms with van der Waals surface area (Å²) < 4.78 is 16.4. The summed E-state index contributed by atoms with van der Waals surface area (Å²) in [7, 11) is -4.63. The van der Waals surface area contributed by atoms with Gasteiger partial charge in [-0.15, -0.1) is 0 Å². The highest BCUT2D eigenvalue weighted by Gasteiger charge is 2.42. The van der Waals surface area contributed by atoms with Gasteiger partial charge in [0.25, 0.3) is 11.8 Å². The van der Waals surface area contributed by atoms with Gasteiger partial charge in [-0.1, -0.05) is 60.2 Å². The van der Waals surface area contributed by atoms with E-state index >= 15 is 0 Å². The molecule has 2 atom stereocenters. The van der Waals surface area contributed by atoms with Gasteiger partial charge in [-0.25, -0.2) is 4.57 Å². The molecule has 42 heavy (non-hydrogen) atoms. The van der Waals surface area contributed by atoms with E-state index in [1.165, 1.54) is 0 Å². The van der Waals surface area contributed by atoms with E-state index in [0.717, 1.165) is 28.1 Å². The molecule has 0 aromatic heterocycles. The fraction of sp³-hybridized carbons (Fsp3) is 0.188. The molecule has 0 aliphatic carbocycles. The number of amides is 2. The zero-order valence-corrected chi connectivity index (χ0v) is 23.8. The van der Waals surface area contributed by atoms with Gasteiger partial charge < -0.3 is 24.9 Å². The summed E-state index contributed by atoms with van der Waals surface area (Å²) in [5.41, 5.74) is 6.03. The molecule has 0 spiro atoms. The van der Waals surface area contributed by atoms with E-state index in [1.54, 1.807) is 35.2 Å². The lowest BCUT2D eigenvalue weighted by Gasteiger charge is -2.40. The van der Waals surface area contributed by atoms with Gasteiger partial charge in [0, 0.05) is 35.9 Å². The number of phosphoric acid groups is 1. The second-order valence-corrected chi connectivity index (χ2v) is 11.8. The zero-order valence-electron chi connectivity index (χ0n) is 22.9.